The normalized spacial score (nSPS) is 48.4. The van der Waals surface area contributed by atoms with E-state index >= 15 is 0 Å². The molecule has 11 atom stereocenters. The molecule has 0 aromatic carbocycles. The summed E-state index contributed by atoms with van der Waals surface area (Å²) in [5.41, 5.74) is -4.66. The van der Waals surface area contributed by atoms with Crippen molar-refractivity contribution >= 4 is 5.78 Å². The molecule has 0 aromatic rings. The molecule has 3 heterocycles. The van der Waals surface area contributed by atoms with Crippen molar-refractivity contribution in [1.29, 1.82) is 0 Å². The fourth-order valence-electron chi connectivity index (χ4n) is 8.98. The smallest absolute Gasteiger partial charge is 0.306 e. The van der Waals surface area contributed by atoms with Crippen molar-refractivity contribution in [2.75, 3.05) is 6.61 Å². The molecule has 3 aliphatic heterocycles. The summed E-state index contributed by atoms with van der Waals surface area (Å²) in [5.74, 6) is -3.80. The lowest BCUT2D eigenvalue weighted by atomic mass is 9.54. The van der Waals surface area contributed by atoms with Gasteiger partial charge in [-0.15, -0.1) is 0 Å². The molecule has 0 aromatic heterocycles. The predicted molar refractivity (Wildman–Crippen MR) is 156 cm³/mol. The van der Waals surface area contributed by atoms with Gasteiger partial charge in [0.15, 0.2) is 11.4 Å². The Morgan fingerprint density at radius 3 is 2.50 bits per heavy atom. The zero-order valence-corrected chi connectivity index (χ0v) is 25.5. The van der Waals surface area contributed by atoms with Crippen LogP contribution in [0, 0.1) is 17.8 Å². The van der Waals surface area contributed by atoms with Crippen LogP contribution in [0.15, 0.2) is 48.1 Å². The number of allylic oxidation sites excluding steroid dienone is 3. The monoisotopic (exact) mass is 584 g/mol. The predicted octanol–water partition coefficient (Wildman–Crippen LogP) is 4.43. The molecule has 3 saturated heterocycles. The maximum Gasteiger partial charge on any atom is 0.306 e. The first-order chi connectivity index (χ1) is 20.0. The Morgan fingerprint density at radius 1 is 1.10 bits per heavy atom. The van der Waals surface area contributed by atoms with Gasteiger partial charge in [-0.05, 0) is 50.2 Å². The summed E-state index contributed by atoms with van der Waals surface area (Å²) in [4.78, 5) is 13.5. The molecule has 3 bridgehead atoms. The molecule has 4 unspecified atom stereocenters. The molecule has 3 aliphatic carbocycles. The van der Waals surface area contributed by atoms with Gasteiger partial charge >= 0.3 is 5.97 Å². The highest BCUT2D eigenvalue weighted by Crippen LogP contribution is 2.72. The van der Waals surface area contributed by atoms with Crippen molar-refractivity contribution in [2.24, 2.45) is 17.8 Å². The zero-order valence-electron chi connectivity index (χ0n) is 25.5. The number of ether oxygens (including phenoxy) is 4. The van der Waals surface area contributed by atoms with Gasteiger partial charge in [-0.3, -0.25) is 4.79 Å². The number of aliphatic hydroxyl groups is 3. The van der Waals surface area contributed by atoms with Gasteiger partial charge in [-0.1, -0.05) is 83.3 Å². The van der Waals surface area contributed by atoms with Crippen LogP contribution in [0.5, 0.6) is 0 Å². The van der Waals surface area contributed by atoms with E-state index in [0.717, 1.165) is 18.4 Å². The van der Waals surface area contributed by atoms with Crippen molar-refractivity contribution in [3.8, 4) is 0 Å². The molecule has 42 heavy (non-hydrogen) atoms. The van der Waals surface area contributed by atoms with Crippen LogP contribution in [0.1, 0.15) is 85.5 Å². The van der Waals surface area contributed by atoms with E-state index in [-0.39, 0.29) is 5.92 Å². The van der Waals surface area contributed by atoms with Crippen LogP contribution in [0.2, 0.25) is 0 Å². The number of fused-ring (bicyclic) bond motifs is 3. The van der Waals surface area contributed by atoms with Gasteiger partial charge in [-0.25, -0.2) is 0 Å². The number of unbranched alkanes of at least 4 members (excludes halogenated alkanes) is 7. The van der Waals surface area contributed by atoms with E-state index in [1.807, 2.05) is 26.0 Å². The van der Waals surface area contributed by atoms with Gasteiger partial charge in [-0.2, -0.15) is 0 Å². The summed E-state index contributed by atoms with van der Waals surface area (Å²) in [6, 6.07) is 0. The Labute approximate surface area is 249 Å². The molecule has 3 N–H and O–H groups in total. The standard InChI is InChI=1S/C34H48O8/c1-6-7-8-9-10-11-12-13-14-15-16-17-32-40-27-25-28-31(20-35,39-28)29(37)33(38)24(18-22(4)26(33)36)34(25,42-32)23(5)19-30(27,41-32)21(2)3/h14-18,23-25,27-29,35,37-38H,2,6-13,19-20H2,1,3-5H3/b15-14+,17-16+/t23-,24-,25?,27?,28?,29-,30-,31+,32?,33-,34+/m1/s1. The van der Waals surface area contributed by atoms with E-state index in [1.54, 1.807) is 19.1 Å². The molecule has 232 valence electrons. The minimum Gasteiger partial charge on any atom is -0.393 e. The van der Waals surface area contributed by atoms with Crippen LogP contribution in [0.25, 0.3) is 0 Å². The number of carbonyl (C=O) groups excluding carboxylic acids is 1. The van der Waals surface area contributed by atoms with E-state index < -0.39 is 70.9 Å². The molecule has 6 rings (SSSR count). The highest BCUT2D eigenvalue weighted by atomic mass is 16.9. The average Bonchev–Trinajstić information content (AvgIpc) is 3.60. The van der Waals surface area contributed by atoms with Crippen molar-refractivity contribution in [2.45, 2.75) is 132 Å². The second kappa shape index (κ2) is 10.5. The fraction of sp³-hybridized carbons (Fsp3) is 0.735. The Balaban J connectivity index is 1.31. The highest BCUT2D eigenvalue weighted by Gasteiger charge is 2.88. The third kappa shape index (κ3) is 3.95. The number of ketones is 1. The summed E-state index contributed by atoms with van der Waals surface area (Å²) in [5, 5.41) is 34.2. The third-order valence-electron chi connectivity index (χ3n) is 11.2. The van der Waals surface area contributed by atoms with Gasteiger partial charge < -0.3 is 34.3 Å². The first-order valence-electron chi connectivity index (χ1n) is 16.0. The van der Waals surface area contributed by atoms with Crippen LogP contribution in [-0.4, -0.2) is 74.4 Å². The number of rotatable bonds is 12. The Morgan fingerprint density at radius 2 is 1.81 bits per heavy atom. The van der Waals surface area contributed by atoms with E-state index in [0.29, 0.717) is 12.0 Å². The Bertz CT molecular complexity index is 1210. The number of epoxide rings is 1. The first-order valence-corrected chi connectivity index (χ1v) is 16.0. The summed E-state index contributed by atoms with van der Waals surface area (Å²) in [6.07, 6.45) is 16.9. The van der Waals surface area contributed by atoms with Crippen LogP contribution >= 0.6 is 0 Å². The number of carbonyl (C=O) groups is 1. The Kier molecular flexibility index (Phi) is 7.57. The maximum atomic E-state index is 13.5. The summed E-state index contributed by atoms with van der Waals surface area (Å²) in [7, 11) is 0. The van der Waals surface area contributed by atoms with Gasteiger partial charge in [0.1, 0.15) is 29.5 Å². The molecule has 2 saturated carbocycles. The average molecular weight is 585 g/mol. The maximum absolute atomic E-state index is 13.5. The van der Waals surface area contributed by atoms with E-state index in [9.17, 15) is 20.1 Å². The van der Waals surface area contributed by atoms with E-state index in [4.69, 9.17) is 18.9 Å². The molecule has 0 spiro atoms. The number of hydrogen-bond acceptors (Lipinski definition) is 8. The topological polar surface area (TPSA) is 118 Å². The molecular weight excluding hydrogens is 536 g/mol. The summed E-state index contributed by atoms with van der Waals surface area (Å²) in [6.45, 7) is 11.6. The molecule has 0 radical (unpaired) electrons. The van der Waals surface area contributed by atoms with E-state index in [1.165, 1.54) is 38.5 Å². The van der Waals surface area contributed by atoms with Crippen molar-refractivity contribution in [1.82, 2.24) is 0 Å². The van der Waals surface area contributed by atoms with Gasteiger partial charge in [0, 0.05) is 17.9 Å². The minimum atomic E-state index is -2.22. The van der Waals surface area contributed by atoms with Crippen LogP contribution < -0.4 is 0 Å². The Hall–Kier alpha value is -1.65. The number of hydrogen-bond donors (Lipinski definition) is 3. The van der Waals surface area contributed by atoms with Gasteiger partial charge in [0.05, 0.1) is 12.2 Å². The van der Waals surface area contributed by atoms with E-state index in [2.05, 4.69) is 19.6 Å². The minimum absolute atomic E-state index is 0.236. The van der Waals surface area contributed by atoms with Crippen LogP contribution in [0.3, 0.4) is 0 Å². The second-order valence-electron chi connectivity index (χ2n) is 13.7. The molecule has 8 heteroatoms. The molecule has 0 amide bonds. The molecular formula is C34H48O8. The first kappa shape index (κ1) is 30.4. The lowest BCUT2D eigenvalue weighted by Crippen LogP contribution is -2.72. The van der Waals surface area contributed by atoms with Crippen molar-refractivity contribution < 1.29 is 39.1 Å². The van der Waals surface area contributed by atoms with Crippen molar-refractivity contribution in [3.05, 3.63) is 48.1 Å². The largest absolute Gasteiger partial charge is 0.393 e. The van der Waals surface area contributed by atoms with Gasteiger partial charge in [0.25, 0.3) is 0 Å². The molecule has 6 aliphatic rings. The lowest BCUT2D eigenvalue weighted by molar-refractivity contribution is -0.406. The number of Topliss-reactive ketones (excluding diaryl/α,β-unsaturated/α-hetero) is 1. The summed E-state index contributed by atoms with van der Waals surface area (Å²) < 4.78 is 26.5. The zero-order chi connectivity index (χ0) is 30.1. The van der Waals surface area contributed by atoms with Crippen LogP contribution in [0.4, 0.5) is 0 Å². The second-order valence-corrected chi connectivity index (χ2v) is 13.7. The van der Waals surface area contributed by atoms with Crippen LogP contribution in [-0.2, 0) is 23.7 Å². The lowest BCUT2D eigenvalue weighted by Gasteiger charge is -2.59. The SMILES string of the molecule is C=C(C)[C@]12C[C@@H](C)[C@@]34OC(/C=C/C=C/CCCCCCCCC)(OC1C3C1O[C@]1(CO)[C@@H](O)[C@]1(O)C(=O)C(C)=C[C@H]14)O2. The fourth-order valence-corrected chi connectivity index (χ4v) is 8.98. The number of aliphatic hydroxyl groups excluding tert-OH is 2. The third-order valence-corrected chi connectivity index (χ3v) is 11.2. The summed E-state index contributed by atoms with van der Waals surface area (Å²) >= 11 is 0. The molecule has 5 fully saturated rings. The quantitative estimate of drug-likeness (QED) is 0.134. The van der Waals surface area contributed by atoms with Crippen molar-refractivity contribution in [3.63, 3.8) is 0 Å². The van der Waals surface area contributed by atoms with Gasteiger partial charge in [0.2, 0.25) is 0 Å². The highest BCUT2D eigenvalue weighted by molar-refractivity contribution is 6.05. The molecule has 8 nitrogen and oxygen atoms in total.